The first-order valence-electron chi connectivity index (χ1n) is 7.45. The largest absolute Gasteiger partial charge is 1.00 e. The molecule has 0 saturated carbocycles. The number of phosphoric ester groups is 1. The number of aliphatic hydroxyl groups excluding tert-OH is 1. The van der Waals surface area contributed by atoms with Crippen LogP contribution in [-0.2, 0) is 31.6 Å². The van der Waals surface area contributed by atoms with Gasteiger partial charge in [0.25, 0.3) is 21.2 Å². The van der Waals surface area contributed by atoms with Crippen LogP contribution >= 0.6 is 35.7 Å². The van der Waals surface area contributed by atoms with Gasteiger partial charge in [-0.1, -0.05) is 0 Å². The molecule has 1 aliphatic rings. The van der Waals surface area contributed by atoms with Gasteiger partial charge in [-0.15, -0.1) is 0 Å². The van der Waals surface area contributed by atoms with Crippen molar-refractivity contribution in [2.75, 3.05) is 6.61 Å². The molecule has 2 N–H and O–H groups in total. The van der Waals surface area contributed by atoms with Crippen LogP contribution in [0.15, 0.2) is 11.0 Å². The minimum Gasteiger partial charge on any atom is -0.790 e. The monoisotopic (exact) mass is 522 g/mol. The Hall–Kier alpha value is 1.82. The second-order valence-corrected chi connectivity index (χ2v) is 10.3. The Morgan fingerprint density at radius 3 is 2.21 bits per heavy atom. The fourth-order valence-electron chi connectivity index (χ4n) is 2.28. The molecular weight excluding hydrogens is 509 g/mol. The number of rotatable bonds is 8. The summed E-state index contributed by atoms with van der Waals surface area (Å²) in [7, 11) is -17.9. The molecule has 5 unspecified atom stereocenters. The number of ether oxygens (including phenoxy) is 1. The van der Waals surface area contributed by atoms with E-state index < -0.39 is 54.1 Å². The number of nitrogens with one attached hydrogen (secondary N) is 1. The van der Waals surface area contributed by atoms with E-state index >= 15 is 0 Å². The van der Waals surface area contributed by atoms with E-state index in [0.717, 1.165) is 0 Å². The van der Waals surface area contributed by atoms with Crippen LogP contribution < -0.4 is 101 Å². The summed E-state index contributed by atoms with van der Waals surface area (Å²) in [6, 6.07) is 0. The van der Waals surface area contributed by atoms with Gasteiger partial charge in [-0.05, 0) is 19.1 Å². The van der Waals surface area contributed by atoms with E-state index in [1.807, 2.05) is 0 Å². The Labute approximate surface area is 240 Å². The number of phosphoric acid groups is 3. The summed E-state index contributed by atoms with van der Waals surface area (Å²) >= 11 is 4.99. The molecule has 0 aliphatic carbocycles. The number of nitrogens with zero attached hydrogens (tertiary/aromatic N) is 1. The summed E-state index contributed by atoms with van der Waals surface area (Å²) in [5.41, 5.74) is -0.145. The van der Waals surface area contributed by atoms with E-state index in [2.05, 4.69) is 18.1 Å². The van der Waals surface area contributed by atoms with E-state index in [4.69, 9.17) is 17.0 Å². The molecule has 0 aromatic carbocycles. The van der Waals surface area contributed by atoms with Crippen molar-refractivity contribution in [3.05, 3.63) is 26.9 Å². The Bertz CT molecular complexity index is 1030. The van der Waals surface area contributed by atoms with E-state index in [9.17, 15) is 43.2 Å². The van der Waals surface area contributed by atoms with Gasteiger partial charge in [0, 0.05) is 18.2 Å². The molecule has 0 spiro atoms. The second-order valence-electron chi connectivity index (χ2n) is 5.71. The van der Waals surface area contributed by atoms with E-state index in [1.165, 1.54) is 17.7 Å². The van der Waals surface area contributed by atoms with Crippen molar-refractivity contribution in [1.82, 2.24) is 9.55 Å². The number of aromatic amines is 1. The van der Waals surface area contributed by atoms with Gasteiger partial charge in [0.1, 0.15) is 12.3 Å². The second kappa shape index (κ2) is 15.3. The maximum atomic E-state index is 11.5. The summed E-state index contributed by atoms with van der Waals surface area (Å²) in [6.45, 7) is 0.563. The SMILES string of the molecule is Cc1cn(C2CC(O)C(COP(=O)([O-])OP(=O)([O-])OP(=O)([O-])[O-])O2)c(=S)[nH]c1=O.[Li+].[Li+].[Li+].[Li+]. The summed E-state index contributed by atoms with van der Waals surface area (Å²) in [4.78, 5) is 57.0. The maximum absolute atomic E-state index is 11.5. The first-order chi connectivity index (χ1) is 13.1. The number of aromatic nitrogens is 2. The fraction of sp³-hybridized carbons (Fsp3) is 0.600. The molecule has 15 nitrogen and oxygen atoms in total. The zero-order valence-corrected chi connectivity index (χ0v) is 21.8. The van der Waals surface area contributed by atoms with Gasteiger partial charge < -0.3 is 38.5 Å². The van der Waals surface area contributed by atoms with Crippen molar-refractivity contribution in [1.29, 1.82) is 0 Å². The Morgan fingerprint density at radius 2 is 1.70 bits per heavy atom. The topological polar surface area (TPSA) is 238 Å². The predicted octanol–water partition coefficient (Wildman–Crippen LogP) is -14.3. The van der Waals surface area contributed by atoms with Crippen LogP contribution in [0.1, 0.15) is 18.2 Å². The Balaban J connectivity index is -0.00000225. The van der Waals surface area contributed by atoms with Crippen LogP contribution in [0.3, 0.4) is 0 Å². The molecule has 0 radical (unpaired) electrons. The van der Waals surface area contributed by atoms with Crippen molar-refractivity contribution >= 4 is 35.7 Å². The average Bonchev–Trinajstić information content (AvgIpc) is 2.86. The third kappa shape index (κ3) is 12.8. The molecule has 23 heteroatoms. The molecule has 1 aliphatic heterocycles. The Morgan fingerprint density at radius 1 is 1.15 bits per heavy atom. The minimum atomic E-state index is -6.10. The summed E-state index contributed by atoms with van der Waals surface area (Å²) in [5, 5.41) is 10.0. The van der Waals surface area contributed by atoms with Gasteiger partial charge in [0.2, 0.25) is 0 Å². The molecule has 0 bridgehead atoms. The van der Waals surface area contributed by atoms with Crippen molar-refractivity contribution in [3.8, 4) is 0 Å². The average molecular weight is 522 g/mol. The minimum absolute atomic E-state index is 0. The van der Waals surface area contributed by atoms with Crippen LogP contribution in [0, 0.1) is 11.7 Å². The third-order valence-electron chi connectivity index (χ3n) is 3.46. The zero-order chi connectivity index (χ0) is 22.2. The first-order valence-corrected chi connectivity index (χ1v) is 12.2. The molecule has 33 heavy (non-hydrogen) atoms. The van der Waals surface area contributed by atoms with Crippen molar-refractivity contribution < 1.29 is 132 Å². The summed E-state index contributed by atoms with van der Waals surface area (Å²) < 4.78 is 50.3. The quantitative estimate of drug-likeness (QED) is 0.183. The molecule has 1 fully saturated rings. The number of aryl methyl sites for hydroxylation is 1. The van der Waals surface area contributed by atoms with Crippen LogP contribution in [0.25, 0.3) is 0 Å². The van der Waals surface area contributed by atoms with E-state index in [0.29, 0.717) is 0 Å². The molecule has 166 valence electrons. The van der Waals surface area contributed by atoms with Gasteiger partial charge >= 0.3 is 75.4 Å². The molecule has 2 rings (SSSR count). The predicted molar refractivity (Wildman–Crippen MR) is 86.1 cm³/mol. The smallest absolute Gasteiger partial charge is 0.790 e. The number of hydrogen-bond acceptors (Lipinski definition) is 14. The standard InChI is InChI=1S/C10H17N2O13P3S.4Li/c1-5-3-12(10(29)11-9(5)14)8-2-6(13)7(23-8)4-22-27(18,19)25-28(20,21)24-26(15,16)17;;;;/h3,6-8,13H,2,4H2,1H3,(H,18,19)(H,20,21)(H,11,14,29)(H2,15,16,17);;;;/q;4*+1/p-4. The van der Waals surface area contributed by atoms with Gasteiger partial charge in [0.15, 0.2) is 4.77 Å². The number of hydrogen-bond donors (Lipinski definition) is 2. The van der Waals surface area contributed by atoms with Gasteiger partial charge in [-0.3, -0.25) is 27.8 Å². The van der Waals surface area contributed by atoms with Crippen molar-refractivity contribution in [3.63, 3.8) is 0 Å². The Kier molecular flexibility index (Phi) is 18.2. The normalized spacial score (nSPS) is 23.5. The summed E-state index contributed by atoms with van der Waals surface area (Å²) in [6.07, 6.45) is -2.21. The van der Waals surface area contributed by atoms with Gasteiger partial charge in [0.05, 0.1) is 20.5 Å². The summed E-state index contributed by atoms with van der Waals surface area (Å²) in [5.74, 6) is 0. The molecule has 1 saturated heterocycles. The van der Waals surface area contributed by atoms with Crippen LogP contribution in [0.4, 0.5) is 0 Å². The van der Waals surface area contributed by atoms with Crippen LogP contribution in [0.2, 0.25) is 0 Å². The van der Waals surface area contributed by atoms with Gasteiger partial charge in [-0.25, -0.2) is 4.31 Å². The first kappa shape index (κ1) is 39.3. The van der Waals surface area contributed by atoms with Crippen LogP contribution in [0.5, 0.6) is 0 Å². The van der Waals surface area contributed by atoms with Crippen LogP contribution in [-0.4, -0.2) is 33.5 Å². The van der Waals surface area contributed by atoms with Crippen molar-refractivity contribution in [2.24, 2.45) is 0 Å². The number of aliphatic hydroxyl groups is 1. The molecule has 1 aromatic rings. The van der Waals surface area contributed by atoms with Crippen molar-refractivity contribution in [2.45, 2.75) is 31.8 Å². The molecule has 0 amide bonds. The zero-order valence-electron chi connectivity index (χ0n) is 18.3. The fourth-order valence-corrected chi connectivity index (χ4v) is 5.41. The van der Waals surface area contributed by atoms with Gasteiger partial charge in [-0.2, -0.15) is 0 Å². The van der Waals surface area contributed by atoms with E-state index in [1.54, 1.807) is 0 Å². The molecule has 5 atom stereocenters. The maximum Gasteiger partial charge on any atom is 1.00 e. The third-order valence-corrected chi connectivity index (χ3v) is 7.44. The number of H-pyrrole nitrogens is 1. The van der Waals surface area contributed by atoms with E-state index in [-0.39, 0.29) is 92.2 Å². The molecule has 2 heterocycles. The molecular formula is C10H13Li4N2O13P3S. The molecule has 1 aromatic heterocycles.